The number of imide groups is 1. The van der Waals surface area contributed by atoms with Crippen molar-refractivity contribution in [2.24, 2.45) is 0 Å². The first-order valence-corrected chi connectivity index (χ1v) is 9.67. The third kappa shape index (κ3) is 4.81. The Bertz CT molecular complexity index is 868. The third-order valence-electron chi connectivity index (χ3n) is 4.79. The van der Waals surface area contributed by atoms with Gasteiger partial charge in [-0.25, -0.2) is 4.79 Å². The van der Waals surface area contributed by atoms with Gasteiger partial charge >= 0.3 is 12.0 Å². The number of amides is 4. The molecule has 0 saturated carbocycles. The third-order valence-corrected chi connectivity index (χ3v) is 4.79. The molecule has 3 rings (SSSR count). The highest BCUT2D eigenvalue weighted by Gasteiger charge is 2.43. The van der Waals surface area contributed by atoms with Crippen LogP contribution in [-0.4, -0.2) is 53.7 Å². The lowest BCUT2D eigenvalue weighted by atomic mass is 10.1. The molecule has 2 aliphatic rings. The minimum Gasteiger partial charge on any atom is -0.454 e. The monoisotopic (exact) mass is 419 g/mol. The Kier molecular flexibility index (Phi) is 6.14. The van der Waals surface area contributed by atoms with Crippen LogP contribution in [0.4, 0.5) is 4.79 Å². The van der Waals surface area contributed by atoms with Gasteiger partial charge in [0.25, 0.3) is 11.8 Å². The fourth-order valence-corrected chi connectivity index (χ4v) is 3.10. The number of hydrogen-bond acceptors (Lipinski definition) is 7. The highest BCUT2D eigenvalue weighted by molar-refractivity contribution is 6.06. The predicted octanol–water partition coefficient (Wildman–Crippen LogP) is 1.07. The van der Waals surface area contributed by atoms with Gasteiger partial charge < -0.3 is 24.8 Å². The van der Waals surface area contributed by atoms with E-state index in [-0.39, 0.29) is 38.6 Å². The highest BCUT2D eigenvalue weighted by Crippen LogP contribution is 2.32. The molecule has 1 atom stereocenters. The lowest BCUT2D eigenvalue weighted by molar-refractivity contribution is -0.155. The van der Waals surface area contributed by atoms with Crippen LogP contribution in [-0.2, 0) is 25.7 Å². The van der Waals surface area contributed by atoms with Gasteiger partial charge in [-0.2, -0.15) is 0 Å². The lowest BCUT2D eigenvalue weighted by Crippen LogP contribution is -2.40. The molecule has 0 aromatic heterocycles. The summed E-state index contributed by atoms with van der Waals surface area (Å²) in [6.07, 6.45) is -0.737. The maximum atomic E-state index is 12.2. The first kappa shape index (κ1) is 21.4. The summed E-state index contributed by atoms with van der Waals surface area (Å²) in [5, 5.41) is 5.27. The molecule has 4 amide bonds. The molecule has 10 heteroatoms. The molecule has 1 aromatic carbocycles. The Morgan fingerprint density at radius 3 is 2.70 bits per heavy atom. The molecule has 2 heterocycles. The maximum absolute atomic E-state index is 12.2. The van der Waals surface area contributed by atoms with Gasteiger partial charge in [0, 0.05) is 19.5 Å². The Morgan fingerprint density at radius 2 is 2.00 bits per heavy atom. The van der Waals surface area contributed by atoms with Crippen molar-refractivity contribution < 1.29 is 33.4 Å². The second-order valence-corrected chi connectivity index (χ2v) is 7.65. The smallest absolute Gasteiger partial charge is 0.325 e. The van der Waals surface area contributed by atoms with Gasteiger partial charge in [0.1, 0.15) is 5.54 Å². The molecule has 1 fully saturated rings. The fraction of sp³-hybridized carbons (Fsp3) is 0.500. The van der Waals surface area contributed by atoms with Crippen LogP contribution in [0.15, 0.2) is 18.2 Å². The molecule has 2 aliphatic heterocycles. The van der Waals surface area contributed by atoms with Gasteiger partial charge in [-0.05, 0) is 44.9 Å². The Labute approximate surface area is 173 Å². The van der Waals surface area contributed by atoms with Crippen molar-refractivity contribution in [2.45, 2.75) is 51.8 Å². The van der Waals surface area contributed by atoms with Crippen molar-refractivity contribution in [3.8, 4) is 11.5 Å². The molecule has 162 valence electrons. The van der Waals surface area contributed by atoms with Gasteiger partial charge in [-0.3, -0.25) is 19.3 Å². The van der Waals surface area contributed by atoms with Crippen LogP contribution in [0.3, 0.4) is 0 Å². The van der Waals surface area contributed by atoms with Gasteiger partial charge in [0.15, 0.2) is 17.6 Å². The first-order valence-electron chi connectivity index (χ1n) is 9.67. The number of hydrogen-bond donors (Lipinski definition) is 2. The van der Waals surface area contributed by atoms with E-state index in [9.17, 15) is 19.2 Å². The number of fused-ring (bicyclic) bond motifs is 1. The van der Waals surface area contributed by atoms with Crippen molar-refractivity contribution in [3.63, 3.8) is 0 Å². The molecule has 0 bridgehead atoms. The topological polar surface area (TPSA) is 123 Å². The average molecular weight is 419 g/mol. The molecule has 0 spiro atoms. The second kappa shape index (κ2) is 8.60. The SMILES string of the molecule is CC(OC(=O)CCCN1C(=O)NC(C)(C)C1=O)C(=O)NCc1ccc2c(c1)OCO2. The number of benzene rings is 1. The number of nitrogens with zero attached hydrogens (tertiary/aromatic N) is 1. The maximum Gasteiger partial charge on any atom is 0.325 e. The zero-order valence-corrected chi connectivity index (χ0v) is 17.1. The van der Waals surface area contributed by atoms with Crippen LogP contribution in [0.2, 0.25) is 0 Å². The summed E-state index contributed by atoms with van der Waals surface area (Å²) >= 11 is 0. The number of urea groups is 1. The van der Waals surface area contributed by atoms with E-state index in [1.54, 1.807) is 26.0 Å². The average Bonchev–Trinajstić information content (AvgIpc) is 3.22. The van der Waals surface area contributed by atoms with Crippen molar-refractivity contribution in [1.29, 1.82) is 0 Å². The van der Waals surface area contributed by atoms with Crippen LogP contribution in [0.1, 0.15) is 39.2 Å². The molecular weight excluding hydrogens is 394 g/mol. The van der Waals surface area contributed by atoms with Gasteiger partial charge in [-0.1, -0.05) is 6.07 Å². The molecule has 1 unspecified atom stereocenters. The van der Waals surface area contributed by atoms with Gasteiger partial charge in [-0.15, -0.1) is 0 Å². The van der Waals surface area contributed by atoms with Gasteiger partial charge in [0.2, 0.25) is 6.79 Å². The number of ether oxygens (including phenoxy) is 3. The van der Waals surface area contributed by atoms with E-state index in [1.165, 1.54) is 6.92 Å². The highest BCUT2D eigenvalue weighted by atomic mass is 16.7. The summed E-state index contributed by atoms with van der Waals surface area (Å²) in [5.41, 5.74) is -0.120. The van der Waals surface area contributed by atoms with E-state index >= 15 is 0 Å². The molecule has 1 aromatic rings. The summed E-state index contributed by atoms with van der Waals surface area (Å²) < 4.78 is 15.7. The second-order valence-electron chi connectivity index (χ2n) is 7.65. The van der Waals surface area contributed by atoms with Crippen molar-refractivity contribution in [2.75, 3.05) is 13.3 Å². The summed E-state index contributed by atoms with van der Waals surface area (Å²) in [5.74, 6) is -0.0696. The van der Waals surface area contributed by atoms with Crippen molar-refractivity contribution in [3.05, 3.63) is 23.8 Å². The van der Waals surface area contributed by atoms with Crippen molar-refractivity contribution >= 4 is 23.8 Å². The molecule has 0 aliphatic carbocycles. The fourth-order valence-electron chi connectivity index (χ4n) is 3.10. The van der Waals surface area contributed by atoms with E-state index in [1.807, 2.05) is 6.07 Å². The number of rotatable bonds is 8. The zero-order valence-electron chi connectivity index (χ0n) is 17.1. The van der Waals surface area contributed by atoms with Crippen LogP contribution >= 0.6 is 0 Å². The van der Waals surface area contributed by atoms with E-state index < -0.39 is 29.6 Å². The number of esters is 1. The zero-order chi connectivity index (χ0) is 21.9. The molecule has 30 heavy (non-hydrogen) atoms. The minimum atomic E-state index is -0.970. The number of nitrogens with one attached hydrogen (secondary N) is 2. The Hall–Kier alpha value is -3.30. The molecule has 2 N–H and O–H groups in total. The predicted molar refractivity (Wildman–Crippen MR) is 104 cm³/mol. The Morgan fingerprint density at radius 1 is 1.27 bits per heavy atom. The number of carbonyl (C=O) groups is 4. The van der Waals surface area contributed by atoms with Crippen LogP contribution in [0.25, 0.3) is 0 Å². The quantitative estimate of drug-likeness (QED) is 0.477. The summed E-state index contributed by atoms with van der Waals surface area (Å²) in [4.78, 5) is 49.1. The van der Waals surface area contributed by atoms with Crippen LogP contribution in [0, 0.1) is 0 Å². The number of carbonyl (C=O) groups excluding carboxylic acids is 4. The van der Waals surface area contributed by atoms with Crippen LogP contribution < -0.4 is 20.1 Å². The summed E-state index contributed by atoms with van der Waals surface area (Å²) in [6, 6.07) is 4.87. The largest absolute Gasteiger partial charge is 0.454 e. The van der Waals surface area contributed by atoms with Crippen LogP contribution in [0.5, 0.6) is 11.5 Å². The molecule has 0 radical (unpaired) electrons. The van der Waals surface area contributed by atoms with E-state index in [0.717, 1.165) is 10.5 Å². The summed E-state index contributed by atoms with van der Waals surface area (Å²) in [6.45, 7) is 5.24. The normalized spacial score (nSPS) is 17.5. The lowest BCUT2D eigenvalue weighted by Gasteiger charge is -2.16. The van der Waals surface area contributed by atoms with E-state index in [2.05, 4.69) is 10.6 Å². The molecule has 1 saturated heterocycles. The Balaban J connectivity index is 1.38. The first-order chi connectivity index (χ1) is 14.2. The van der Waals surface area contributed by atoms with Crippen molar-refractivity contribution in [1.82, 2.24) is 15.5 Å². The molecule has 10 nitrogen and oxygen atoms in total. The minimum absolute atomic E-state index is 0.0166. The van der Waals surface area contributed by atoms with E-state index in [4.69, 9.17) is 14.2 Å². The summed E-state index contributed by atoms with van der Waals surface area (Å²) in [7, 11) is 0. The molecular formula is C20H25N3O7. The standard InChI is InChI=1S/C20H25N3O7/c1-12(17(25)21-10-13-6-7-14-15(9-13)29-11-28-14)30-16(24)5-4-8-23-18(26)20(2,3)22-19(23)27/h6-7,9,12H,4-5,8,10-11H2,1-3H3,(H,21,25)(H,22,27). The van der Waals surface area contributed by atoms with Gasteiger partial charge in [0.05, 0.1) is 0 Å². The van der Waals surface area contributed by atoms with E-state index in [0.29, 0.717) is 11.5 Å².